The Hall–Kier alpha value is -2.81. The van der Waals surface area contributed by atoms with Crippen LogP contribution in [0.15, 0.2) is 53.7 Å². The van der Waals surface area contributed by atoms with Crippen molar-refractivity contribution < 1.29 is 22.8 Å². The van der Waals surface area contributed by atoms with Gasteiger partial charge in [0.25, 0.3) is 5.91 Å². The maximum Gasteiger partial charge on any atom is 0.416 e. The molecule has 2 aliphatic rings. The lowest BCUT2D eigenvalue weighted by Gasteiger charge is -2.44. The first kappa shape index (κ1) is 23.4. The van der Waals surface area contributed by atoms with Crippen LogP contribution in [0.1, 0.15) is 36.0 Å². The topological polar surface area (TPSA) is 62.3 Å². The monoisotopic (exact) mass is 475 g/mol. The molecule has 9 heteroatoms. The first-order valence-corrected chi connectivity index (χ1v) is 11.6. The minimum absolute atomic E-state index is 0.0192. The van der Waals surface area contributed by atoms with Gasteiger partial charge in [0.15, 0.2) is 0 Å². The maximum atomic E-state index is 12.9. The molecule has 174 valence electrons. The molecule has 1 aliphatic heterocycles. The van der Waals surface area contributed by atoms with Gasteiger partial charge in [0.2, 0.25) is 5.91 Å². The predicted molar refractivity (Wildman–Crippen MR) is 121 cm³/mol. The summed E-state index contributed by atoms with van der Waals surface area (Å²) in [5, 5.41) is 3.11. The molecule has 1 N–H and O–H groups in total. The molecule has 2 fully saturated rings. The number of pyridine rings is 1. The number of halogens is 3. The van der Waals surface area contributed by atoms with Gasteiger partial charge in [-0.3, -0.25) is 14.6 Å². The zero-order valence-electron chi connectivity index (χ0n) is 18.0. The molecule has 5 nitrogen and oxygen atoms in total. The molecule has 0 spiro atoms. The molecule has 3 atom stereocenters. The number of fused-ring (bicyclic) bond motifs is 1. The fraction of sp³-hybridized carbons (Fsp3) is 0.375. The van der Waals surface area contributed by atoms with Gasteiger partial charge in [-0.1, -0.05) is 18.2 Å². The second kappa shape index (κ2) is 9.59. The fourth-order valence-corrected chi connectivity index (χ4v) is 5.77. The van der Waals surface area contributed by atoms with Gasteiger partial charge < -0.3 is 10.2 Å². The first-order chi connectivity index (χ1) is 15.7. The van der Waals surface area contributed by atoms with E-state index in [1.54, 1.807) is 30.4 Å². The number of alkyl halides is 3. The van der Waals surface area contributed by atoms with Gasteiger partial charge in [-0.2, -0.15) is 13.2 Å². The van der Waals surface area contributed by atoms with Crippen molar-refractivity contribution in [1.82, 2.24) is 15.2 Å². The highest BCUT2D eigenvalue weighted by Crippen LogP contribution is 2.43. The Morgan fingerprint density at radius 1 is 1.24 bits per heavy atom. The fourth-order valence-electron chi connectivity index (χ4n) is 4.29. The van der Waals surface area contributed by atoms with Crippen molar-refractivity contribution in [2.75, 3.05) is 7.05 Å². The summed E-state index contributed by atoms with van der Waals surface area (Å²) in [6, 6.07) is 8.45. The van der Waals surface area contributed by atoms with Crippen LogP contribution in [-0.2, 0) is 22.3 Å². The van der Waals surface area contributed by atoms with Gasteiger partial charge in [-0.05, 0) is 54.7 Å². The van der Waals surface area contributed by atoms with Crippen LogP contribution in [0.25, 0.3) is 6.08 Å². The number of nitrogens with one attached hydrogen (secondary N) is 1. The van der Waals surface area contributed by atoms with Crippen LogP contribution in [0, 0.1) is 5.92 Å². The number of nitrogens with zero attached hydrogens (tertiary/aromatic N) is 2. The van der Waals surface area contributed by atoms with E-state index in [2.05, 4.69) is 10.3 Å². The molecule has 1 saturated carbocycles. The smallest absolute Gasteiger partial charge is 0.352 e. The Morgan fingerprint density at radius 2 is 2.00 bits per heavy atom. The van der Waals surface area contributed by atoms with Crippen LogP contribution in [0.5, 0.6) is 0 Å². The number of benzene rings is 1. The highest BCUT2D eigenvalue weighted by Gasteiger charge is 2.42. The van der Waals surface area contributed by atoms with E-state index in [1.165, 1.54) is 23.9 Å². The number of carbonyl (C=O) groups excluding carboxylic acids is 2. The summed E-state index contributed by atoms with van der Waals surface area (Å²) in [7, 11) is 1.73. The van der Waals surface area contributed by atoms with Gasteiger partial charge in [0.05, 0.1) is 10.5 Å². The normalized spacial score (nSPS) is 24.5. The van der Waals surface area contributed by atoms with Crippen LogP contribution in [0.3, 0.4) is 0 Å². The first-order valence-electron chi connectivity index (χ1n) is 10.7. The number of amides is 2. The minimum atomic E-state index is -4.39. The molecule has 2 amide bonds. The second-order valence-corrected chi connectivity index (χ2v) is 9.64. The number of hydrogen-bond acceptors (Lipinski definition) is 4. The van der Waals surface area contributed by atoms with Crippen molar-refractivity contribution >= 4 is 29.7 Å². The lowest BCUT2D eigenvalue weighted by atomic mass is 9.83. The van der Waals surface area contributed by atoms with Crippen LogP contribution in [0.2, 0.25) is 0 Å². The Bertz CT molecular complexity index is 1040. The summed E-state index contributed by atoms with van der Waals surface area (Å²) >= 11 is 1.46. The minimum Gasteiger partial charge on any atom is -0.352 e. The van der Waals surface area contributed by atoms with Crippen LogP contribution in [0.4, 0.5) is 13.2 Å². The number of thioether (sulfide) groups is 1. The zero-order chi connectivity index (χ0) is 23.6. The van der Waals surface area contributed by atoms with Crippen molar-refractivity contribution in [3.05, 3.63) is 70.4 Å². The third-order valence-electron chi connectivity index (χ3n) is 6.16. The molecule has 2 heterocycles. The molecule has 1 aromatic carbocycles. The standard InChI is InChI=1S/C24H24F3N3O2S/c1-30-19-12-17(22(31)29-14-16-3-2-10-28-13-16)6-9-20(19)33-21(23(30)32)11-15-4-7-18(8-5-15)24(25,26)27/h2-5,7-8,10-11,13,17,19-20H,6,9,12,14H2,1H3,(H,29,31)/b21-11-. The molecule has 4 rings (SSSR count). The Kier molecular flexibility index (Phi) is 6.78. The van der Waals surface area contributed by atoms with E-state index >= 15 is 0 Å². The Balaban J connectivity index is 1.40. The van der Waals surface area contributed by atoms with Gasteiger partial charge >= 0.3 is 6.18 Å². The van der Waals surface area contributed by atoms with Crippen molar-refractivity contribution in [1.29, 1.82) is 0 Å². The van der Waals surface area contributed by atoms with E-state index < -0.39 is 11.7 Å². The van der Waals surface area contributed by atoms with Gasteiger partial charge in [-0.15, -0.1) is 11.8 Å². The quantitative estimate of drug-likeness (QED) is 0.662. The van der Waals surface area contributed by atoms with Crippen molar-refractivity contribution in [2.24, 2.45) is 5.92 Å². The summed E-state index contributed by atoms with van der Waals surface area (Å²) in [4.78, 5) is 31.9. The molecule has 3 unspecified atom stereocenters. The van der Waals surface area contributed by atoms with Crippen LogP contribution < -0.4 is 5.32 Å². The molecule has 0 bridgehead atoms. The van der Waals surface area contributed by atoms with E-state index in [9.17, 15) is 22.8 Å². The third kappa shape index (κ3) is 5.40. The van der Waals surface area contributed by atoms with Gasteiger partial charge in [0, 0.05) is 43.2 Å². The number of likely N-dealkylation sites (N-methyl/N-ethyl adjacent to an activating group) is 1. The van der Waals surface area contributed by atoms with E-state index in [0.717, 1.165) is 30.5 Å². The maximum absolute atomic E-state index is 12.9. The summed E-state index contributed by atoms with van der Waals surface area (Å²) < 4.78 is 38.4. The molecule has 1 aromatic heterocycles. The van der Waals surface area contributed by atoms with Gasteiger partial charge in [-0.25, -0.2) is 0 Å². The number of rotatable bonds is 4. The molecule has 1 aliphatic carbocycles. The molecular weight excluding hydrogens is 451 g/mol. The Morgan fingerprint density at radius 3 is 2.67 bits per heavy atom. The number of aromatic nitrogens is 1. The Labute approximate surface area is 194 Å². The van der Waals surface area contributed by atoms with E-state index in [1.807, 2.05) is 12.1 Å². The van der Waals surface area contributed by atoms with Crippen LogP contribution in [-0.4, -0.2) is 40.0 Å². The summed E-state index contributed by atoms with van der Waals surface area (Å²) in [6.07, 6.45) is 2.74. The third-order valence-corrected chi connectivity index (χ3v) is 7.56. The average Bonchev–Trinajstić information content (AvgIpc) is 2.81. The lowest BCUT2D eigenvalue weighted by Crippen LogP contribution is -2.52. The largest absolute Gasteiger partial charge is 0.416 e. The van der Waals surface area contributed by atoms with Crippen molar-refractivity contribution in [3.63, 3.8) is 0 Å². The van der Waals surface area contributed by atoms with Crippen molar-refractivity contribution in [3.8, 4) is 0 Å². The molecular formula is C24H24F3N3O2S. The second-order valence-electron chi connectivity index (χ2n) is 8.36. The van der Waals surface area contributed by atoms with Crippen LogP contribution >= 0.6 is 11.8 Å². The zero-order valence-corrected chi connectivity index (χ0v) is 18.8. The molecule has 0 radical (unpaired) electrons. The summed E-state index contributed by atoms with van der Waals surface area (Å²) in [5.41, 5.74) is 0.761. The predicted octanol–water partition coefficient (Wildman–Crippen LogP) is 4.50. The van der Waals surface area contributed by atoms with Crippen molar-refractivity contribution in [2.45, 2.75) is 43.3 Å². The average molecular weight is 476 g/mol. The summed E-state index contributed by atoms with van der Waals surface area (Å²) in [5.74, 6) is -0.356. The number of hydrogen-bond donors (Lipinski definition) is 1. The highest BCUT2D eigenvalue weighted by atomic mass is 32.2. The highest BCUT2D eigenvalue weighted by molar-refractivity contribution is 8.04. The molecule has 2 aromatic rings. The van der Waals surface area contributed by atoms with E-state index in [-0.39, 0.29) is 29.0 Å². The van der Waals surface area contributed by atoms with Gasteiger partial charge in [0.1, 0.15) is 0 Å². The lowest BCUT2D eigenvalue weighted by molar-refractivity contribution is -0.137. The molecule has 33 heavy (non-hydrogen) atoms. The molecule has 1 saturated heterocycles. The summed E-state index contributed by atoms with van der Waals surface area (Å²) in [6.45, 7) is 0.417. The van der Waals surface area contributed by atoms with E-state index in [0.29, 0.717) is 23.4 Å². The SMILES string of the molecule is CN1C(=O)/C(=C/c2ccc(C(F)(F)F)cc2)SC2CCC(C(=O)NCc3cccnc3)CC21. The van der Waals surface area contributed by atoms with E-state index in [4.69, 9.17) is 0 Å². The number of carbonyl (C=O) groups is 2.